The fraction of sp³-hybridized carbons (Fsp3) is 0.417. The van der Waals surface area contributed by atoms with Gasteiger partial charge >= 0.3 is 0 Å². The third-order valence-corrected chi connectivity index (χ3v) is 2.36. The average Bonchev–Trinajstić information content (AvgIpc) is 2.30. The van der Waals surface area contributed by atoms with Gasteiger partial charge in [0.25, 0.3) is 0 Å². The van der Waals surface area contributed by atoms with Crippen molar-refractivity contribution in [3.05, 3.63) is 24.3 Å². The molecule has 0 aromatic heterocycles. The third kappa shape index (κ3) is 3.81. The zero-order chi connectivity index (χ0) is 12.0. The van der Waals surface area contributed by atoms with E-state index in [1.807, 2.05) is 6.92 Å². The Hall–Kier alpha value is -1.71. The van der Waals surface area contributed by atoms with Crippen molar-refractivity contribution in [1.82, 2.24) is 4.90 Å². The molecule has 0 saturated carbocycles. The summed E-state index contributed by atoms with van der Waals surface area (Å²) in [5.41, 5.74) is 6.25. The maximum atomic E-state index is 11.4. The minimum atomic E-state index is 0.0953. The number of ether oxygens (including phenoxy) is 1. The monoisotopic (exact) mass is 222 g/mol. The van der Waals surface area contributed by atoms with Crippen LogP contribution in [0.25, 0.3) is 0 Å². The molecule has 4 heteroatoms. The van der Waals surface area contributed by atoms with Crippen molar-refractivity contribution in [3.8, 4) is 5.75 Å². The number of benzene rings is 1. The van der Waals surface area contributed by atoms with Gasteiger partial charge in [0.1, 0.15) is 5.75 Å². The van der Waals surface area contributed by atoms with E-state index in [2.05, 4.69) is 0 Å². The summed E-state index contributed by atoms with van der Waals surface area (Å²) in [6, 6.07) is 7.14. The van der Waals surface area contributed by atoms with E-state index in [1.165, 1.54) is 0 Å². The van der Waals surface area contributed by atoms with E-state index in [-0.39, 0.29) is 5.91 Å². The lowest BCUT2D eigenvalue weighted by Gasteiger charge is -2.14. The van der Waals surface area contributed by atoms with E-state index in [0.717, 1.165) is 12.3 Å². The molecule has 0 unspecified atom stereocenters. The second kappa shape index (κ2) is 6.00. The predicted molar refractivity (Wildman–Crippen MR) is 64.3 cm³/mol. The first-order valence-corrected chi connectivity index (χ1v) is 5.35. The zero-order valence-corrected chi connectivity index (χ0v) is 9.77. The number of hydrogen-bond donors (Lipinski definition) is 1. The number of anilines is 1. The summed E-state index contributed by atoms with van der Waals surface area (Å²) >= 11 is 0. The molecule has 1 aromatic rings. The van der Waals surface area contributed by atoms with Crippen LogP contribution in [0.1, 0.15) is 13.3 Å². The summed E-state index contributed by atoms with van der Waals surface area (Å²) in [6.07, 6.45) is 0.398. The van der Waals surface area contributed by atoms with Crippen LogP contribution in [0.5, 0.6) is 5.75 Å². The van der Waals surface area contributed by atoms with Gasteiger partial charge in [0, 0.05) is 19.3 Å². The van der Waals surface area contributed by atoms with Gasteiger partial charge in [-0.25, -0.2) is 0 Å². The summed E-state index contributed by atoms with van der Waals surface area (Å²) in [5.74, 6) is 0.832. The SMILES string of the molecule is CCN(C)C(=O)CCOc1ccc(N)cc1. The van der Waals surface area contributed by atoms with E-state index >= 15 is 0 Å². The number of rotatable bonds is 5. The van der Waals surface area contributed by atoms with Crippen LogP contribution in [-0.4, -0.2) is 31.0 Å². The lowest BCUT2D eigenvalue weighted by molar-refractivity contribution is -0.130. The van der Waals surface area contributed by atoms with Crippen LogP contribution >= 0.6 is 0 Å². The smallest absolute Gasteiger partial charge is 0.225 e. The lowest BCUT2D eigenvalue weighted by atomic mass is 10.3. The fourth-order valence-electron chi connectivity index (χ4n) is 1.19. The number of hydrogen-bond acceptors (Lipinski definition) is 3. The van der Waals surface area contributed by atoms with Crippen molar-refractivity contribution in [2.75, 3.05) is 25.9 Å². The molecule has 0 aliphatic heterocycles. The highest BCUT2D eigenvalue weighted by molar-refractivity contribution is 5.75. The van der Waals surface area contributed by atoms with Gasteiger partial charge in [0.05, 0.1) is 13.0 Å². The van der Waals surface area contributed by atoms with Crippen molar-refractivity contribution in [2.45, 2.75) is 13.3 Å². The maximum Gasteiger partial charge on any atom is 0.225 e. The highest BCUT2D eigenvalue weighted by Gasteiger charge is 2.06. The molecule has 1 amide bonds. The Labute approximate surface area is 96.0 Å². The largest absolute Gasteiger partial charge is 0.493 e. The summed E-state index contributed by atoms with van der Waals surface area (Å²) < 4.78 is 5.42. The summed E-state index contributed by atoms with van der Waals surface area (Å²) in [4.78, 5) is 13.1. The molecule has 0 fully saturated rings. The van der Waals surface area contributed by atoms with Gasteiger partial charge in [0.15, 0.2) is 0 Å². The topological polar surface area (TPSA) is 55.6 Å². The van der Waals surface area contributed by atoms with E-state index in [4.69, 9.17) is 10.5 Å². The Morgan fingerprint density at radius 1 is 1.38 bits per heavy atom. The van der Waals surface area contributed by atoms with Crippen LogP contribution < -0.4 is 10.5 Å². The second-order valence-corrected chi connectivity index (χ2v) is 3.58. The first-order chi connectivity index (χ1) is 7.63. The van der Waals surface area contributed by atoms with E-state index in [1.54, 1.807) is 36.2 Å². The first-order valence-electron chi connectivity index (χ1n) is 5.35. The number of nitrogens with zero attached hydrogens (tertiary/aromatic N) is 1. The molecule has 0 radical (unpaired) electrons. The summed E-state index contributed by atoms with van der Waals surface area (Å²) in [7, 11) is 1.78. The Balaban J connectivity index is 2.30. The van der Waals surface area contributed by atoms with Gasteiger partial charge in [-0.15, -0.1) is 0 Å². The fourth-order valence-corrected chi connectivity index (χ4v) is 1.19. The average molecular weight is 222 g/mol. The second-order valence-electron chi connectivity index (χ2n) is 3.58. The number of carbonyl (C=O) groups is 1. The predicted octanol–water partition coefficient (Wildman–Crippen LogP) is 1.52. The van der Waals surface area contributed by atoms with E-state index in [0.29, 0.717) is 18.7 Å². The number of carbonyl (C=O) groups excluding carboxylic acids is 1. The van der Waals surface area contributed by atoms with Crippen LogP contribution in [-0.2, 0) is 4.79 Å². The van der Waals surface area contributed by atoms with Crippen molar-refractivity contribution in [3.63, 3.8) is 0 Å². The Bertz CT molecular complexity index is 335. The molecule has 0 bridgehead atoms. The molecule has 4 nitrogen and oxygen atoms in total. The van der Waals surface area contributed by atoms with Gasteiger partial charge in [-0.1, -0.05) is 0 Å². The van der Waals surface area contributed by atoms with Crippen LogP contribution in [0, 0.1) is 0 Å². The van der Waals surface area contributed by atoms with Gasteiger partial charge in [-0.2, -0.15) is 0 Å². The zero-order valence-electron chi connectivity index (χ0n) is 9.77. The number of amides is 1. The molecule has 88 valence electrons. The standard InChI is InChI=1S/C12H18N2O2/c1-3-14(2)12(15)8-9-16-11-6-4-10(13)5-7-11/h4-7H,3,8-9,13H2,1-2H3. The minimum absolute atomic E-state index is 0.0953. The molecule has 16 heavy (non-hydrogen) atoms. The molecule has 0 atom stereocenters. The molecule has 0 spiro atoms. The highest BCUT2D eigenvalue weighted by atomic mass is 16.5. The van der Waals surface area contributed by atoms with Gasteiger partial charge in [-0.3, -0.25) is 4.79 Å². The maximum absolute atomic E-state index is 11.4. The molecule has 1 rings (SSSR count). The van der Waals surface area contributed by atoms with Crippen molar-refractivity contribution < 1.29 is 9.53 Å². The van der Waals surface area contributed by atoms with Crippen LogP contribution in [0.15, 0.2) is 24.3 Å². The number of nitrogen functional groups attached to an aromatic ring is 1. The third-order valence-electron chi connectivity index (χ3n) is 2.36. The highest BCUT2D eigenvalue weighted by Crippen LogP contribution is 2.13. The molecular weight excluding hydrogens is 204 g/mol. The molecule has 0 aliphatic rings. The number of nitrogens with two attached hydrogens (primary N) is 1. The van der Waals surface area contributed by atoms with Crippen molar-refractivity contribution in [2.24, 2.45) is 0 Å². The molecule has 1 aromatic carbocycles. The first kappa shape index (κ1) is 12.4. The summed E-state index contributed by atoms with van der Waals surface area (Å²) in [5, 5.41) is 0. The Morgan fingerprint density at radius 3 is 2.56 bits per heavy atom. The van der Waals surface area contributed by atoms with Gasteiger partial charge in [0.2, 0.25) is 5.91 Å². The minimum Gasteiger partial charge on any atom is -0.493 e. The van der Waals surface area contributed by atoms with Crippen molar-refractivity contribution in [1.29, 1.82) is 0 Å². The van der Waals surface area contributed by atoms with Crippen LogP contribution in [0.4, 0.5) is 5.69 Å². The van der Waals surface area contributed by atoms with Gasteiger partial charge < -0.3 is 15.4 Å². The van der Waals surface area contributed by atoms with Gasteiger partial charge in [-0.05, 0) is 31.2 Å². The summed E-state index contributed by atoms with van der Waals surface area (Å²) in [6.45, 7) is 3.06. The van der Waals surface area contributed by atoms with Crippen LogP contribution in [0.3, 0.4) is 0 Å². The molecule has 2 N–H and O–H groups in total. The Morgan fingerprint density at radius 2 is 2.00 bits per heavy atom. The molecule has 0 heterocycles. The van der Waals surface area contributed by atoms with E-state index < -0.39 is 0 Å². The normalized spacial score (nSPS) is 9.88. The molecular formula is C12H18N2O2. The van der Waals surface area contributed by atoms with E-state index in [9.17, 15) is 4.79 Å². The Kier molecular flexibility index (Phi) is 4.64. The molecule has 0 saturated heterocycles. The van der Waals surface area contributed by atoms with Crippen molar-refractivity contribution >= 4 is 11.6 Å². The quantitative estimate of drug-likeness (QED) is 0.768. The molecule has 0 aliphatic carbocycles. The van der Waals surface area contributed by atoms with Crippen LogP contribution in [0.2, 0.25) is 0 Å². The lowest BCUT2D eigenvalue weighted by Crippen LogP contribution is -2.27.